The summed E-state index contributed by atoms with van der Waals surface area (Å²) in [4.78, 5) is 41.0. The number of esters is 3. The lowest BCUT2D eigenvalue weighted by atomic mass is 10.3. The Morgan fingerprint density at radius 2 is 1.09 bits per heavy atom. The summed E-state index contributed by atoms with van der Waals surface area (Å²) < 4.78 is 14.1. The Morgan fingerprint density at radius 3 is 1.61 bits per heavy atom. The first-order chi connectivity index (χ1) is 16.0. The lowest BCUT2D eigenvalue weighted by Gasteiger charge is -2.35. The number of carbonyl (C=O) groups excluding carboxylic acids is 3. The summed E-state index contributed by atoms with van der Waals surface area (Å²) in [5.74, 6) is -0.667. The Bertz CT molecular complexity index is 537. The topological polar surface area (TPSA) is 113 Å². The van der Waals surface area contributed by atoms with Crippen molar-refractivity contribution in [3.05, 3.63) is 0 Å². The first-order valence-electron chi connectivity index (χ1n) is 11.8. The second-order valence-electron chi connectivity index (χ2n) is 8.00. The van der Waals surface area contributed by atoms with Gasteiger partial charge in [0.05, 0.1) is 40.6 Å². The van der Waals surface area contributed by atoms with E-state index in [1.807, 2.05) is 0 Å². The van der Waals surface area contributed by atoms with Gasteiger partial charge in [-0.2, -0.15) is 0 Å². The third kappa shape index (κ3) is 14.9. The third-order valence-electron chi connectivity index (χ3n) is 5.73. The van der Waals surface area contributed by atoms with Crippen molar-refractivity contribution >= 4 is 17.9 Å². The van der Waals surface area contributed by atoms with Gasteiger partial charge in [-0.25, -0.2) is 0 Å². The van der Waals surface area contributed by atoms with Gasteiger partial charge >= 0.3 is 17.9 Å². The van der Waals surface area contributed by atoms with Crippen molar-refractivity contribution in [3.63, 3.8) is 0 Å². The quantitative estimate of drug-likeness (QED) is 0.142. The minimum Gasteiger partial charge on any atom is -0.469 e. The summed E-state index contributed by atoms with van der Waals surface area (Å²) in [6.07, 6.45) is 1.04. The number of methoxy groups -OCH3 is 3. The second kappa shape index (κ2) is 18.6. The van der Waals surface area contributed by atoms with Crippen LogP contribution in [-0.2, 0) is 28.6 Å². The van der Waals surface area contributed by atoms with Crippen LogP contribution < -0.4 is 10.6 Å². The van der Waals surface area contributed by atoms with Crippen LogP contribution in [0.1, 0.15) is 19.3 Å². The van der Waals surface area contributed by atoms with Gasteiger partial charge in [-0.05, 0) is 0 Å². The molecule has 1 rings (SSSR count). The van der Waals surface area contributed by atoms with Crippen molar-refractivity contribution in [1.82, 2.24) is 25.3 Å². The number of rotatable bonds is 18. The molecule has 1 heterocycles. The Kier molecular flexibility index (Phi) is 16.5. The number of hydrogen-bond acceptors (Lipinski definition) is 11. The van der Waals surface area contributed by atoms with Gasteiger partial charge in [-0.15, -0.1) is 0 Å². The zero-order valence-electron chi connectivity index (χ0n) is 20.6. The van der Waals surface area contributed by atoms with Crippen LogP contribution in [0, 0.1) is 0 Å². The maximum atomic E-state index is 11.5. The molecule has 0 aromatic carbocycles. The van der Waals surface area contributed by atoms with Gasteiger partial charge < -0.3 is 29.7 Å². The van der Waals surface area contributed by atoms with E-state index in [1.54, 1.807) is 0 Å². The molecule has 2 N–H and O–H groups in total. The highest BCUT2D eigenvalue weighted by Crippen LogP contribution is 2.03. The van der Waals surface area contributed by atoms with Gasteiger partial charge in [0, 0.05) is 85.1 Å². The summed E-state index contributed by atoms with van der Waals surface area (Å²) in [6, 6.07) is 0. The monoisotopic (exact) mass is 473 g/mol. The number of ether oxygens (including phenoxy) is 3. The molecule has 0 aromatic rings. The molecule has 0 radical (unpaired) electrons. The molecule has 0 saturated carbocycles. The Balaban J connectivity index is 2.14. The minimum absolute atomic E-state index is 0.190. The van der Waals surface area contributed by atoms with E-state index >= 15 is 0 Å². The van der Waals surface area contributed by atoms with Crippen LogP contribution in [0.4, 0.5) is 0 Å². The maximum Gasteiger partial charge on any atom is 0.306 e. The predicted molar refractivity (Wildman–Crippen MR) is 125 cm³/mol. The highest BCUT2D eigenvalue weighted by Gasteiger charge is 2.18. The normalized spacial score (nSPS) is 14.9. The number of hydrogen-bond donors (Lipinski definition) is 2. The van der Waals surface area contributed by atoms with Crippen molar-refractivity contribution in [2.45, 2.75) is 19.3 Å². The zero-order valence-corrected chi connectivity index (χ0v) is 20.6. The molecular formula is C22H43N5O6. The van der Waals surface area contributed by atoms with Crippen LogP contribution >= 0.6 is 0 Å². The van der Waals surface area contributed by atoms with Gasteiger partial charge in [0.25, 0.3) is 0 Å². The molecule has 0 bridgehead atoms. The second-order valence-corrected chi connectivity index (χ2v) is 8.00. The fraction of sp³-hybridized carbons (Fsp3) is 0.864. The van der Waals surface area contributed by atoms with E-state index in [-0.39, 0.29) is 17.9 Å². The molecule has 0 aromatic heterocycles. The predicted octanol–water partition coefficient (Wildman–Crippen LogP) is -1.23. The molecule has 0 aliphatic carbocycles. The fourth-order valence-electron chi connectivity index (χ4n) is 3.51. The van der Waals surface area contributed by atoms with Crippen LogP contribution in [0.25, 0.3) is 0 Å². The maximum absolute atomic E-state index is 11.5. The van der Waals surface area contributed by atoms with Crippen molar-refractivity contribution in [2.75, 3.05) is 106 Å². The number of nitrogens with zero attached hydrogens (tertiary/aromatic N) is 3. The molecule has 11 heteroatoms. The van der Waals surface area contributed by atoms with E-state index in [4.69, 9.17) is 9.47 Å². The molecule has 1 fully saturated rings. The summed E-state index contributed by atoms with van der Waals surface area (Å²) in [7, 11) is 4.18. The molecule has 192 valence electrons. The Hall–Kier alpha value is -1.79. The lowest BCUT2D eigenvalue weighted by Crippen LogP contribution is -2.50. The smallest absolute Gasteiger partial charge is 0.306 e. The Morgan fingerprint density at radius 1 is 0.636 bits per heavy atom. The molecule has 0 amide bonds. The SMILES string of the molecule is COC(=O)CCNCCNCCN1CCN(CCN(CCC(=O)OC)CCC(=O)OC)CC1. The van der Waals surface area contributed by atoms with Gasteiger partial charge in [0.2, 0.25) is 0 Å². The van der Waals surface area contributed by atoms with Crippen LogP contribution in [0.2, 0.25) is 0 Å². The highest BCUT2D eigenvalue weighted by atomic mass is 16.5. The summed E-state index contributed by atoms with van der Waals surface area (Å²) in [5.41, 5.74) is 0. The van der Waals surface area contributed by atoms with Gasteiger partial charge in [0.1, 0.15) is 0 Å². The Labute approximate surface area is 198 Å². The summed E-state index contributed by atoms with van der Waals surface area (Å²) >= 11 is 0. The van der Waals surface area contributed by atoms with Crippen molar-refractivity contribution in [1.29, 1.82) is 0 Å². The standard InChI is InChI=1S/C22H43N5O6/c1-31-20(28)4-7-23-8-9-24-10-13-26-15-18-27(19-16-26)17-14-25(11-5-21(29)32-2)12-6-22(30)33-3/h23-24H,4-19H2,1-3H3. The van der Waals surface area contributed by atoms with Gasteiger partial charge in [0.15, 0.2) is 0 Å². The van der Waals surface area contributed by atoms with E-state index in [2.05, 4.69) is 30.1 Å². The van der Waals surface area contributed by atoms with E-state index in [0.717, 1.165) is 65.4 Å². The molecule has 0 spiro atoms. The first kappa shape index (κ1) is 29.2. The van der Waals surface area contributed by atoms with Crippen molar-refractivity contribution < 1.29 is 28.6 Å². The van der Waals surface area contributed by atoms with Crippen LogP contribution in [0.5, 0.6) is 0 Å². The van der Waals surface area contributed by atoms with Crippen LogP contribution in [-0.4, -0.2) is 139 Å². The molecule has 11 nitrogen and oxygen atoms in total. The molecular weight excluding hydrogens is 430 g/mol. The highest BCUT2D eigenvalue weighted by molar-refractivity contribution is 5.70. The van der Waals surface area contributed by atoms with Crippen molar-refractivity contribution in [3.8, 4) is 0 Å². The zero-order chi connectivity index (χ0) is 24.3. The van der Waals surface area contributed by atoms with E-state index in [1.165, 1.54) is 21.3 Å². The van der Waals surface area contributed by atoms with Crippen LogP contribution in [0.15, 0.2) is 0 Å². The largest absolute Gasteiger partial charge is 0.469 e. The van der Waals surface area contributed by atoms with Crippen molar-refractivity contribution in [2.24, 2.45) is 0 Å². The molecule has 1 saturated heterocycles. The average Bonchev–Trinajstić information content (AvgIpc) is 2.85. The molecule has 33 heavy (non-hydrogen) atoms. The minimum atomic E-state index is -0.239. The number of carbonyl (C=O) groups is 3. The number of piperazine rings is 1. The fourth-order valence-corrected chi connectivity index (χ4v) is 3.51. The molecule has 1 aliphatic heterocycles. The van der Waals surface area contributed by atoms with E-state index < -0.39 is 0 Å². The van der Waals surface area contributed by atoms with Crippen LogP contribution in [0.3, 0.4) is 0 Å². The lowest BCUT2D eigenvalue weighted by molar-refractivity contribution is -0.142. The van der Waals surface area contributed by atoms with Gasteiger partial charge in [-0.1, -0.05) is 0 Å². The van der Waals surface area contributed by atoms with E-state index in [0.29, 0.717) is 38.9 Å². The average molecular weight is 474 g/mol. The molecule has 0 atom stereocenters. The molecule has 1 aliphatic rings. The third-order valence-corrected chi connectivity index (χ3v) is 5.73. The first-order valence-corrected chi connectivity index (χ1v) is 11.8. The molecule has 0 unspecified atom stereocenters. The summed E-state index contributed by atoms with van der Waals surface area (Å²) in [5, 5.41) is 6.64. The van der Waals surface area contributed by atoms with Gasteiger partial charge in [-0.3, -0.25) is 24.2 Å². The van der Waals surface area contributed by atoms with E-state index in [9.17, 15) is 14.4 Å². The number of nitrogens with one attached hydrogen (secondary N) is 2. The summed E-state index contributed by atoms with van der Waals surface area (Å²) in [6.45, 7) is 11.2.